The standard InChI is InChI=1S/C20H22N2O2S/c1-15-3-5-17(6-4-15)14-25-20-21-18(13-23)12-22(20)11-16-7-9-19(24-2)10-8-16/h3-10,12,23H,11,13-14H2,1-2H3. The van der Waals surface area contributed by atoms with Crippen LogP contribution in [0.25, 0.3) is 0 Å². The van der Waals surface area contributed by atoms with Crippen LogP contribution >= 0.6 is 11.8 Å². The molecule has 4 nitrogen and oxygen atoms in total. The molecule has 0 aliphatic heterocycles. The van der Waals surface area contributed by atoms with Gasteiger partial charge in [0.1, 0.15) is 5.75 Å². The van der Waals surface area contributed by atoms with Crippen LogP contribution in [0.4, 0.5) is 0 Å². The van der Waals surface area contributed by atoms with Crippen LogP contribution < -0.4 is 4.74 Å². The molecule has 0 unspecified atom stereocenters. The second-order valence-corrected chi connectivity index (χ2v) is 6.87. The van der Waals surface area contributed by atoms with E-state index in [1.807, 2.05) is 30.5 Å². The van der Waals surface area contributed by atoms with Crippen molar-refractivity contribution >= 4 is 11.8 Å². The molecule has 0 radical (unpaired) electrons. The second kappa shape index (κ2) is 8.23. The molecule has 2 aromatic carbocycles. The average molecular weight is 354 g/mol. The van der Waals surface area contributed by atoms with E-state index < -0.39 is 0 Å². The van der Waals surface area contributed by atoms with E-state index in [0.717, 1.165) is 16.7 Å². The van der Waals surface area contributed by atoms with Gasteiger partial charge in [-0.25, -0.2) is 4.98 Å². The highest BCUT2D eigenvalue weighted by atomic mass is 32.2. The summed E-state index contributed by atoms with van der Waals surface area (Å²) in [6, 6.07) is 16.5. The number of aromatic nitrogens is 2. The third-order valence-corrected chi connectivity index (χ3v) is 5.01. The third-order valence-electron chi connectivity index (χ3n) is 3.95. The van der Waals surface area contributed by atoms with Gasteiger partial charge in [0.25, 0.3) is 0 Å². The van der Waals surface area contributed by atoms with E-state index in [2.05, 4.69) is 40.7 Å². The molecule has 0 fully saturated rings. The highest BCUT2D eigenvalue weighted by molar-refractivity contribution is 7.98. The molecule has 1 aromatic heterocycles. The van der Waals surface area contributed by atoms with E-state index in [0.29, 0.717) is 12.2 Å². The van der Waals surface area contributed by atoms with Gasteiger partial charge in [0.2, 0.25) is 0 Å². The molecule has 0 aliphatic rings. The Kier molecular flexibility index (Phi) is 5.79. The number of thioether (sulfide) groups is 1. The van der Waals surface area contributed by atoms with Crippen LogP contribution in [0.2, 0.25) is 0 Å². The number of nitrogens with zero attached hydrogens (tertiary/aromatic N) is 2. The summed E-state index contributed by atoms with van der Waals surface area (Å²) in [4.78, 5) is 4.54. The lowest BCUT2D eigenvalue weighted by Crippen LogP contribution is -2.00. The molecule has 0 spiro atoms. The molecular formula is C20H22N2O2S. The van der Waals surface area contributed by atoms with E-state index in [1.165, 1.54) is 16.7 Å². The van der Waals surface area contributed by atoms with Gasteiger partial charge in [-0.1, -0.05) is 53.7 Å². The van der Waals surface area contributed by atoms with Gasteiger partial charge in [0.05, 0.1) is 19.4 Å². The first-order valence-corrected chi connectivity index (χ1v) is 9.14. The van der Waals surface area contributed by atoms with Crippen molar-refractivity contribution in [1.82, 2.24) is 9.55 Å². The molecule has 5 heteroatoms. The minimum Gasteiger partial charge on any atom is -0.497 e. The first kappa shape index (κ1) is 17.6. The Morgan fingerprint density at radius 3 is 2.36 bits per heavy atom. The topological polar surface area (TPSA) is 47.3 Å². The molecule has 0 aliphatic carbocycles. The number of hydrogen-bond acceptors (Lipinski definition) is 4. The zero-order chi connectivity index (χ0) is 17.6. The zero-order valence-corrected chi connectivity index (χ0v) is 15.3. The lowest BCUT2D eigenvalue weighted by molar-refractivity contribution is 0.277. The monoisotopic (exact) mass is 354 g/mol. The Morgan fingerprint density at radius 2 is 1.72 bits per heavy atom. The molecule has 1 heterocycles. The molecule has 25 heavy (non-hydrogen) atoms. The van der Waals surface area contributed by atoms with Crippen LogP contribution in [0.3, 0.4) is 0 Å². The summed E-state index contributed by atoms with van der Waals surface area (Å²) in [6.45, 7) is 2.76. The van der Waals surface area contributed by atoms with Gasteiger partial charge in [-0.15, -0.1) is 0 Å². The Hall–Kier alpha value is -2.24. The number of aliphatic hydroxyl groups excluding tert-OH is 1. The maximum absolute atomic E-state index is 9.42. The smallest absolute Gasteiger partial charge is 0.168 e. The van der Waals surface area contributed by atoms with Crippen molar-refractivity contribution in [2.24, 2.45) is 0 Å². The van der Waals surface area contributed by atoms with Crippen molar-refractivity contribution in [3.05, 3.63) is 77.1 Å². The normalized spacial score (nSPS) is 10.8. The summed E-state index contributed by atoms with van der Waals surface area (Å²) >= 11 is 1.69. The van der Waals surface area contributed by atoms with Gasteiger partial charge in [-0.2, -0.15) is 0 Å². The maximum atomic E-state index is 9.42. The first-order valence-electron chi connectivity index (χ1n) is 8.16. The number of rotatable bonds is 7. The Morgan fingerprint density at radius 1 is 1.04 bits per heavy atom. The van der Waals surface area contributed by atoms with Crippen molar-refractivity contribution in [3.63, 3.8) is 0 Å². The Balaban J connectivity index is 1.74. The maximum Gasteiger partial charge on any atom is 0.168 e. The van der Waals surface area contributed by atoms with Gasteiger partial charge in [-0.05, 0) is 30.2 Å². The quantitative estimate of drug-likeness (QED) is 0.651. The lowest BCUT2D eigenvalue weighted by atomic mass is 10.2. The second-order valence-electron chi connectivity index (χ2n) is 5.92. The molecule has 3 rings (SSSR count). The van der Waals surface area contributed by atoms with Gasteiger partial charge < -0.3 is 14.4 Å². The molecule has 0 atom stereocenters. The fourth-order valence-electron chi connectivity index (χ4n) is 2.52. The zero-order valence-electron chi connectivity index (χ0n) is 14.5. The largest absolute Gasteiger partial charge is 0.497 e. The molecule has 1 N–H and O–H groups in total. The van der Waals surface area contributed by atoms with Gasteiger partial charge in [0, 0.05) is 18.5 Å². The number of aryl methyl sites for hydroxylation is 1. The number of methoxy groups -OCH3 is 1. The fraction of sp³-hybridized carbons (Fsp3) is 0.250. The van der Waals surface area contributed by atoms with Gasteiger partial charge in [-0.3, -0.25) is 0 Å². The van der Waals surface area contributed by atoms with E-state index in [4.69, 9.17) is 4.74 Å². The van der Waals surface area contributed by atoms with Crippen LogP contribution in [0.5, 0.6) is 5.75 Å². The van der Waals surface area contributed by atoms with Crippen molar-refractivity contribution in [1.29, 1.82) is 0 Å². The highest BCUT2D eigenvalue weighted by Crippen LogP contribution is 2.24. The summed E-state index contributed by atoms with van der Waals surface area (Å²) in [7, 11) is 1.66. The predicted molar refractivity (Wildman–Crippen MR) is 101 cm³/mol. The van der Waals surface area contributed by atoms with Gasteiger partial charge in [0.15, 0.2) is 5.16 Å². The van der Waals surface area contributed by atoms with Crippen LogP contribution in [-0.2, 0) is 18.9 Å². The number of aliphatic hydroxyl groups is 1. The summed E-state index contributed by atoms with van der Waals surface area (Å²) in [5, 5.41) is 10.3. The third kappa shape index (κ3) is 4.65. The molecule has 130 valence electrons. The van der Waals surface area contributed by atoms with E-state index in [1.54, 1.807) is 18.9 Å². The number of hydrogen-bond donors (Lipinski definition) is 1. The summed E-state index contributed by atoms with van der Waals surface area (Å²) in [5.41, 5.74) is 4.39. The van der Waals surface area contributed by atoms with E-state index in [9.17, 15) is 5.11 Å². The first-order chi connectivity index (χ1) is 12.2. The van der Waals surface area contributed by atoms with Crippen molar-refractivity contribution in [3.8, 4) is 5.75 Å². The average Bonchev–Trinajstić information content (AvgIpc) is 3.04. The van der Waals surface area contributed by atoms with Crippen LogP contribution in [0.15, 0.2) is 59.9 Å². The molecule has 0 amide bonds. The van der Waals surface area contributed by atoms with Crippen LogP contribution in [-0.4, -0.2) is 21.8 Å². The highest BCUT2D eigenvalue weighted by Gasteiger charge is 2.09. The predicted octanol–water partition coefficient (Wildman–Crippen LogP) is 4.03. The number of benzene rings is 2. The van der Waals surface area contributed by atoms with Crippen molar-refractivity contribution in [2.75, 3.05) is 7.11 Å². The minimum atomic E-state index is -0.0479. The van der Waals surface area contributed by atoms with Crippen molar-refractivity contribution in [2.45, 2.75) is 31.0 Å². The van der Waals surface area contributed by atoms with Crippen molar-refractivity contribution < 1.29 is 9.84 Å². The fourth-order valence-corrected chi connectivity index (χ4v) is 3.47. The summed E-state index contributed by atoms with van der Waals surface area (Å²) in [5.74, 6) is 1.70. The number of ether oxygens (including phenoxy) is 1. The summed E-state index contributed by atoms with van der Waals surface area (Å²) in [6.07, 6.45) is 1.92. The Bertz CT molecular complexity index is 811. The SMILES string of the molecule is COc1ccc(Cn2cc(CO)nc2SCc2ccc(C)cc2)cc1. The summed E-state index contributed by atoms with van der Waals surface area (Å²) < 4.78 is 7.29. The molecule has 0 bridgehead atoms. The van der Waals surface area contributed by atoms with E-state index >= 15 is 0 Å². The molecule has 3 aromatic rings. The Labute approximate surface area is 152 Å². The number of imidazole rings is 1. The van der Waals surface area contributed by atoms with Gasteiger partial charge >= 0.3 is 0 Å². The van der Waals surface area contributed by atoms with E-state index in [-0.39, 0.29) is 6.61 Å². The minimum absolute atomic E-state index is 0.0479. The van der Waals surface area contributed by atoms with Crippen LogP contribution in [0.1, 0.15) is 22.4 Å². The molecule has 0 saturated carbocycles. The molecule has 0 saturated heterocycles. The van der Waals surface area contributed by atoms with Crippen LogP contribution in [0, 0.1) is 6.92 Å². The molecular weight excluding hydrogens is 332 g/mol. The lowest BCUT2D eigenvalue weighted by Gasteiger charge is -2.08.